The lowest BCUT2D eigenvalue weighted by atomic mass is 10.00. The molecule has 2 aromatic rings. The van der Waals surface area contributed by atoms with E-state index in [1.54, 1.807) is 0 Å². The third-order valence-electron chi connectivity index (χ3n) is 3.33. The molecule has 0 spiro atoms. The summed E-state index contributed by atoms with van der Waals surface area (Å²) in [5.41, 5.74) is 0.965. The van der Waals surface area contributed by atoms with E-state index in [1.165, 1.54) is 0 Å². The molecular weight excluding hydrogens is 382 g/mol. The third-order valence-corrected chi connectivity index (χ3v) is 4.96. The molecule has 6 heteroatoms. The van der Waals surface area contributed by atoms with Crippen LogP contribution in [0.15, 0.2) is 45.9 Å². The molecule has 0 saturated heterocycles. The van der Waals surface area contributed by atoms with Crippen molar-refractivity contribution in [3.63, 3.8) is 0 Å². The first-order chi connectivity index (χ1) is 9.56. The van der Waals surface area contributed by atoms with Crippen molar-refractivity contribution in [1.29, 1.82) is 0 Å². The van der Waals surface area contributed by atoms with Crippen LogP contribution in [0.2, 0.25) is 5.15 Å². The smallest absolute Gasteiger partial charge is 0.158 e. The summed E-state index contributed by atoms with van der Waals surface area (Å²) in [6.45, 7) is 0.591. The van der Waals surface area contributed by atoms with Crippen molar-refractivity contribution in [3.8, 4) is 0 Å². The van der Waals surface area contributed by atoms with Gasteiger partial charge in [0, 0.05) is 20.8 Å². The van der Waals surface area contributed by atoms with Gasteiger partial charge in [0.2, 0.25) is 0 Å². The molecule has 0 saturated carbocycles. The number of rotatable bonds is 2. The Morgan fingerprint density at radius 3 is 2.85 bits per heavy atom. The van der Waals surface area contributed by atoms with E-state index in [0.29, 0.717) is 11.7 Å². The molecule has 2 nitrogen and oxygen atoms in total. The second-order valence-corrected chi connectivity index (χ2v) is 6.84. The number of hydrogen-bond acceptors (Lipinski definition) is 1. The number of benzene rings is 1. The van der Waals surface area contributed by atoms with Crippen LogP contribution in [0.5, 0.6) is 0 Å². The maximum absolute atomic E-state index is 6.32. The molecule has 1 aromatic carbocycles. The maximum Gasteiger partial charge on any atom is 0.158 e. The summed E-state index contributed by atoms with van der Waals surface area (Å²) in [6, 6.07) is 5.89. The van der Waals surface area contributed by atoms with Gasteiger partial charge in [-0.15, -0.1) is 11.6 Å². The Labute approximate surface area is 140 Å². The lowest BCUT2D eigenvalue weighted by Gasteiger charge is -2.22. The molecule has 1 aromatic heterocycles. The summed E-state index contributed by atoms with van der Waals surface area (Å²) in [5.74, 6) is 0.00137. The van der Waals surface area contributed by atoms with Gasteiger partial charge < -0.3 is 0 Å². The second kappa shape index (κ2) is 5.72. The van der Waals surface area contributed by atoms with Crippen LogP contribution in [-0.4, -0.2) is 15.2 Å². The molecule has 0 radical (unpaired) electrons. The molecule has 3 rings (SSSR count). The number of aromatic nitrogens is 2. The highest BCUT2D eigenvalue weighted by Gasteiger charge is 2.24. The van der Waals surface area contributed by atoms with Gasteiger partial charge in [-0.05, 0) is 24.3 Å². The Hall–Kier alpha value is -0.480. The van der Waals surface area contributed by atoms with E-state index in [-0.39, 0.29) is 11.3 Å². The number of halogens is 4. The van der Waals surface area contributed by atoms with Crippen LogP contribution in [-0.2, 0) is 6.54 Å². The van der Waals surface area contributed by atoms with Crippen LogP contribution in [0.3, 0.4) is 0 Å². The van der Waals surface area contributed by atoms with Gasteiger partial charge >= 0.3 is 0 Å². The molecule has 104 valence electrons. The van der Waals surface area contributed by atoms with E-state index >= 15 is 0 Å². The fourth-order valence-electron chi connectivity index (χ4n) is 2.28. The van der Waals surface area contributed by atoms with Gasteiger partial charge in [0.1, 0.15) is 0 Å². The largest absolute Gasteiger partial charge is 0.263 e. The van der Waals surface area contributed by atoms with Crippen LogP contribution < -0.4 is 0 Å². The normalized spacial score (nSPS) is 22.3. The first-order valence-electron chi connectivity index (χ1n) is 6.06. The van der Waals surface area contributed by atoms with E-state index in [0.717, 1.165) is 20.4 Å². The van der Waals surface area contributed by atoms with Gasteiger partial charge in [-0.2, -0.15) is 5.10 Å². The topological polar surface area (TPSA) is 17.8 Å². The van der Waals surface area contributed by atoms with Gasteiger partial charge in [0.05, 0.1) is 17.4 Å². The van der Waals surface area contributed by atoms with Gasteiger partial charge in [-0.1, -0.05) is 51.3 Å². The molecular formula is C14H10BrCl3N2. The number of nitrogens with zero attached hydrogens (tertiary/aromatic N) is 2. The monoisotopic (exact) mass is 390 g/mol. The zero-order valence-electron chi connectivity index (χ0n) is 10.2. The Morgan fingerprint density at radius 2 is 2.10 bits per heavy atom. The number of fused-ring (bicyclic) bond motifs is 1. The first kappa shape index (κ1) is 14.5. The molecule has 0 amide bonds. The average molecular weight is 393 g/mol. The van der Waals surface area contributed by atoms with Crippen LogP contribution in [0, 0.1) is 5.92 Å². The van der Waals surface area contributed by atoms with Crippen LogP contribution >= 0.6 is 50.7 Å². The SMILES string of the molecule is ClC1=CC=CC(Cl)C1Cn1nc(Cl)c2ccc(Br)cc21. The molecule has 1 heterocycles. The molecule has 0 fully saturated rings. The van der Waals surface area contributed by atoms with E-state index in [2.05, 4.69) is 21.0 Å². The fraction of sp³-hybridized carbons (Fsp3) is 0.214. The number of allylic oxidation sites excluding steroid dienone is 4. The summed E-state index contributed by atoms with van der Waals surface area (Å²) < 4.78 is 2.84. The van der Waals surface area contributed by atoms with Crippen LogP contribution in [0.1, 0.15) is 0 Å². The molecule has 0 bridgehead atoms. The number of alkyl halides is 1. The summed E-state index contributed by atoms with van der Waals surface area (Å²) in [4.78, 5) is 0. The Balaban J connectivity index is 2.01. The highest BCUT2D eigenvalue weighted by molar-refractivity contribution is 9.10. The molecule has 2 unspecified atom stereocenters. The van der Waals surface area contributed by atoms with Crippen molar-refractivity contribution in [2.45, 2.75) is 11.9 Å². The van der Waals surface area contributed by atoms with Gasteiger partial charge in [0.25, 0.3) is 0 Å². The number of hydrogen-bond donors (Lipinski definition) is 0. The standard InChI is InChI=1S/C14H10BrCl3N2/c15-8-4-5-9-13(6-8)20(19-14(9)18)7-10-11(16)2-1-3-12(10)17/h1-6,10-11H,7H2. The minimum absolute atomic E-state index is 0.00137. The van der Waals surface area contributed by atoms with Crippen molar-refractivity contribution in [1.82, 2.24) is 9.78 Å². The lowest BCUT2D eigenvalue weighted by molar-refractivity contribution is 0.500. The zero-order chi connectivity index (χ0) is 14.3. The summed E-state index contributed by atoms with van der Waals surface area (Å²) in [5, 5.41) is 6.40. The van der Waals surface area contributed by atoms with Crippen molar-refractivity contribution < 1.29 is 0 Å². The highest BCUT2D eigenvalue weighted by atomic mass is 79.9. The Morgan fingerprint density at radius 1 is 1.30 bits per heavy atom. The van der Waals surface area contributed by atoms with E-state index < -0.39 is 0 Å². The Kier molecular flexibility index (Phi) is 4.14. The minimum Gasteiger partial charge on any atom is -0.263 e. The van der Waals surface area contributed by atoms with Gasteiger partial charge in [-0.3, -0.25) is 4.68 Å². The Bertz CT molecular complexity index is 721. The molecule has 2 atom stereocenters. The average Bonchev–Trinajstić information content (AvgIpc) is 2.70. The lowest BCUT2D eigenvalue weighted by Crippen LogP contribution is -2.22. The first-order valence-corrected chi connectivity index (χ1v) is 8.04. The molecule has 0 N–H and O–H groups in total. The summed E-state index contributed by atoms with van der Waals surface area (Å²) >= 11 is 22.2. The summed E-state index contributed by atoms with van der Waals surface area (Å²) in [7, 11) is 0. The van der Waals surface area contributed by atoms with E-state index in [4.69, 9.17) is 34.8 Å². The van der Waals surface area contributed by atoms with Crippen LogP contribution in [0.4, 0.5) is 0 Å². The summed E-state index contributed by atoms with van der Waals surface area (Å²) in [6.07, 6.45) is 5.68. The molecule has 20 heavy (non-hydrogen) atoms. The highest BCUT2D eigenvalue weighted by Crippen LogP contribution is 2.32. The van der Waals surface area contributed by atoms with Crippen molar-refractivity contribution in [2.75, 3.05) is 0 Å². The predicted molar refractivity (Wildman–Crippen MR) is 88.7 cm³/mol. The molecule has 1 aliphatic rings. The van der Waals surface area contributed by atoms with Crippen molar-refractivity contribution in [3.05, 3.63) is 51.1 Å². The maximum atomic E-state index is 6.32. The quantitative estimate of drug-likeness (QED) is 0.629. The second-order valence-electron chi connectivity index (χ2n) is 4.62. The fourth-order valence-corrected chi connectivity index (χ4v) is 3.52. The molecule has 0 aliphatic heterocycles. The van der Waals surface area contributed by atoms with E-state index in [9.17, 15) is 0 Å². The van der Waals surface area contributed by atoms with Gasteiger partial charge in [0.15, 0.2) is 5.15 Å². The predicted octanol–water partition coefficient (Wildman–Crippen LogP) is 5.37. The van der Waals surface area contributed by atoms with Crippen LogP contribution in [0.25, 0.3) is 10.9 Å². The van der Waals surface area contributed by atoms with E-state index in [1.807, 2.05) is 41.1 Å². The van der Waals surface area contributed by atoms with Crippen molar-refractivity contribution >= 4 is 61.6 Å². The minimum atomic E-state index is -0.141. The zero-order valence-corrected chi connectivity index (χ0v) is 14.1. The third kappa shape index (κ3) is 2.64. The van der Waals surface area contributed by atoms with Gasteiger partial charge in [-0.25, -0.2) is 0 Å². The van der Waals surface area contributed by atoms with Crippen molar-refractivity contribution in [2.24, 2.45) is 5.92 Å². The molecule has 1 aliphatic carbocycles.